The fraction of sp³-hybridized carbons (Fsp3) is 0.281. The van der Waals surface area contributed by atoms with Gasteiger partial charge >= 0.3 is 0 Å². The van der Waals surface area contributed by atoms with Gasteiger partial charge in [0.2, 0.25) is 0 Å². The molecule has 9 nitrogen and oxygen atoms in total. The maximum Gasteiger partial charge on any atom is 0.165 e. The first-order valence-corrected chi connectivity index (χ1v) is 13.6. The second-order valence-electron chi connectivity index (χ2n) is 10.3. The Kier molecular flexibility index (Phi) is 7.30. The van der Waals surface area contributed by atoms with Crippen molar-refractivity contribution < 1.29 is 19.3 Å². The Hall–Kier alpha value is -4.47. The van der Waals surface area contributed by atoms with Gasteiger partial charge in [-0.05, 0) is 53.3 Å². The molecule has 0 saturated heterocycles. The summed E-state index contributed by atoms with van der Waals surface area (Å²) in [6, 6.07) is 26.2. The normalized spacial score (nSPS) is 18.7. The number of hydrogen-bond donors (Lipinski definition) is 2. The van der Waals surface area contributed by atoms with Crippen LogP contribution in [0.4, 0.5) is 5.82 Å². The van der Waals surface area contributed by atoms with Crippen molar-refractivity contribution >= 4 is 17.0 Å². The molecule has 210 valence electrons. The predicted octanol–water partition coefficient (Wildman–Crippen LogP) is 4.60. The van der Waals surface area contributed by atoms with Crippen molar-refractivity contribution in [2.75, 3.05) is 33.2 Å². The van der Waals surface area contributed by atoms with Crippen LogP contribution in [0.1, 0.15) is 29.2 Å². The third-order valence-corrected chi connectivity index (χ3v) is 8.29. The van der Waals surface area contributed by atoms with Gasteiger partial charge in [0.05, 0.1) is 27.2 Å². The number of nitrogens with zero attached hydrogens (tertiary/aromatic N) is 4. The smallest absolute Gasteiger partial charge is 0.165 e. The topological polar surface area (TPSA) is 118 Å². The lowest BCUT2D eigenvalue weighted by atomic mass is 9.69. The van der Waals surface area contributed by atoms with Gasteiger partial charge in [-0.1, -0.05) is 54.6 Å². The van der Waals surface area contributed by atoms with Crippen LogP contribution in [0.2, 0.25) is 0 Å². The SMILES string of the molecule is COc1ccc(C(OC[C@H]2C[C@@H](n3cnc4c(N)ncnc43)[C@@H]2CO)(c2ccccc2)c2ccc(OC)cc2)cc1. The second kappa shape index (κ2) is 11.2. The van der Waals surface area contributed by atoms with E-state index >= 15 is 0 Å². The van der Waals surface area contributed by atoms with E-state index in [4.69, 9.17) is 19.9 Å². The van der Waals surface area contributed by atoms with Crippen molar-refractivity contribution in [2.24, 2.45) is 11.8 Å². The number of benzene rings is 3. The summed E-state index contributed by atoms with van der Waals surface area (Å²) in [7, 11) is 3.32. The lowest BCUT2D eigenvalue weighted by Crippen LogP contribution is -2.45. The Morgan fingerprint density at radius 2 is 1.46 bits per heavy atom. The molecule has 6 rings (SSSR count). The Labute approximate surface area is 238 Å². The fourth-order valence-corrected chi connectivity index (χ4v) is 5.98. The lowest BCUT2D eigenvalue weighted by molar-refractivity contribution is -0.0733. The zero-order valence-corrected chi connectivity index (χ0v) is 23.1. The van der Waals surface area contributed by atoms with Crippen LogP contribution in [0.3, 0.4) is 0 Å². The molecule has 0 spiro atoms. The number of aliphatic hydroxyl groups is 1. The van der Waals surface area contributed by atoms with Gasteiger partial charge < -0.3 is 29.6 Å². The first-order valence-electron chi connectivity index (χ1n) is 13.6. The van der Waals surface area contributed by atoms with Crippen LogP contribution in [0.15, 0.2) is 91.5 Å². The number of nitrogen functional groups attached to an aromatic ring is 1. The third kappa shape index (κ3) is 4.67. The van der Waals surface area contributed by atoms with Crippen LogP contribution >= 0.6 is 0 Å². The van der Waals surface area contributed by atoms with Crippen molar-refractivity contribution in [3.8, 4) is 11.5 Å². The van der Waals surface area contributed by atoms with Gasteiger partial charge in [-0.2, -0.15) is 0 Å². The van der Waals surface area contributed by atoms with Gasteiger partial charge in [0.25, 0.3) is 0 Å². The number of ether oxygens (including phenoxy) is 3. The fourth-order valence-electron chi connectivity index (χ4n) is 5.98. The number of methoxy groups -OCH3 is 2. The molecule has 0 aliphatic heterocycles. The number of hydrogen-bond acceptors (Lipinski definition) is 8. The van der Waals surface area contributed by atoms with Gasteiger partial charge in [0.1, 0.15) is 28.9 Å². The molecular weight excluding hydrogens is 518 g/mol. The van der Waals surface area contributed by atoms with Gasteiger partial charge in [0, 0.05) is 18.6 Å². The van der Waals surface area contributed by atoms with Crippen LogP contribution in [-0.4, -0.2) is 52.1 Å². The summed E-state index contributed by atoms with van der Waals surface area (Å²) in [5.74, 6) is 1.96. The number of aliphatic hydroxyl groups excluding tert-OH is 1. The molecule has 3 N–H and O–H groups in total. The maximum atomic E-state index is 10.5. The molecule has 3 atom stereocenters. The van der Waals surface area contributed by atoms with Crippen molar-refractivity contribution in [3.05, 3.63) is 108 Å². The zero-order valence-electron chi connectivity index (χ0n) is 23.1. The molecule has 9 heteroatoms. The van der Waals surface area contributed by atoms with Gasteiger partial charge in [-0.25, -0.2) is 15.0 Å². The molecule has 41 heavy (non-hydrogen) atoms. The molecule has 2 aromatic heterocycles. The first-order chi connectivity index (χ1) is 20.1. The van der Waals surface area contributed by atoms with E-state index in [1.54, 1.807) is 20.5 Å². The van der Waals surface area contributed by atoms with Crippen LogP contribution in [0.5, 0.6) is 11.5 Å². The van der Waals surface area contributed by atoms with Crippen molar-refractivity contribution in [3.63, 3.8) is 0 Å². The average Bonchev–Trinajstić information content (AvgIpc) is 3.44. The summed E-state index contributed by atoms with van der Waals surface area (Å²) in [6.07, 6.45) is 3.99. The number of fused-ring (bicyclic) bond motifs is 1. The highest BCUT2D eigenvalue weighted by atomic mass is 16.5. The van der Waals surface area contributed by atoms with Gasteiger partial charge in [-0.15, -0.1) is 0 Å². The molecular formula is C32H33N5O4. The molecule has 3 aromatic carbocycles. The van der Waals surface area contributed by atoms with E-state index in [2.05, 4.69) is 27.1 Å². The predicted molar refractivity (Wildman–Crippen MR) is 156 cm³/mol. The highest BCUT2D eigenvalue weighted by Gasteiger charge is 2.45. The molecule has 0 amide bonds. The largest absolute Gasteiger partial charge is 0.497 e. The van der Waals surface area contributed by atoms with E-state index < -0.39 is 5.60 Å². The van der Waals surface area contributed by atoms with Crippen molar-refractivity contribution in [1.82, 2.24) is 19.5 Å². The number of aromatic nitrogens is 4. The summed E-state index contributed by atoms with van der Waals surface area (Å²) in [5, 5.41) is 10.5. The second-order valence-corrected chi connectivity index (χ2v) is 10.3. The zero-order chi connectivity index (χ0) is 28.4. The minimum atomic E-state index is -0.908. The summed E-state index contributed by atoms with van der Waals surface area (Å²) in [5.41, 5.74) is 9.29. The Morgan fingerprint density at radius 1 is 0.854 bits per heavy atom. The summed E-state index contributed by atoms with van der Waals surface area (Å²) in [6.45, 7) is 0.445. The maximum absolute atomic E-state index is 10.5. The minimum Gasteiger partial charge on any atom is -0.497 e. The summed E-state index contributed by atoms with van der Waals surface area (Å²) < 4.78 is 20.0. The van der Waals surface area contributed by atoms with E-state index in [9.17, 15) is 5.11 Å². The van der Waals surface area contributed by atoms with Crippen LogP contribution in [-0.2, 0) is 10.3 Å². The Morgan fingerprint density at radius 3 is 2.05 bits per heavy atom. The number of anilines is 1. The molecule has 5 aromatic rings. The van der Waals surface area contributed by atoms with Crippen LogP contribution < -0.4 is 15.2 Å². The van der Waals surface area contributed by atoms with Crippen molar-refractivity contribution in [1.29, 1.82) is 0 Å². The Bertz CT molecular complexity index is 1560. The average molecular weight is 552 g/mol. The Balaban J connectivity index is 1.36. The summed E-state index contributed by atoms with van der Waals surface area (Å²) >= 11 is 0. The van der Waals surface area contributed by atoms with Crippen LogP contribution in [0.25, 0.3) is 11.2 Å². The molecule has 2 heterocycles. The number of rotatable bonds is 10. The number of imidazole rings is 1. The molecule has 1 saturated carbocycles. The molecule has 0 unspecified atom stereocenters. The molecule has 0 radical (unpaired) electrons. The monoisotopic (exact) mass is 551 g/mol. The number of nitrogens with two attached hydrogens (primary N) is 1. The molecule has 1 aliphatic rings. The van der Waals surface area contributed by atoms with Crippen LogP contribution in [0, 0.1) is 11.8 Å². The van der Waals surface area contributed by atoms with Crippen molar-refractivity contribution in [2.45, 2.75) is 18.1 Å². The third-order valence-electron chi connectivity index (χ3n) is 8.29. The van der Waals surface area contributed by atoms with E-state index in [1.165, 1.54) is 6.33 Å². The highest BCUT2D eigenvalue weighted by Crippen LogP contribution is 2.48. The summed E-state index contributed by atoms with van der Waals surface area (Å²) in [4.78, 5) is 12.9. The van der Waals surface area contributed by atoms with E-state index in [0.717, 1.165) is 34.6 Å². The highest BCUT2D eigenvalue weighted by molar-refractivity contribution is 5.81. The van der Waals surface area contributed by atoms with E-state index in [0.29, 0.717) is 23.6 Å². The molecule has 1 fully saturated rings. The quantitative estimate of drug-likeness (QED) is 0.242. The first kappa shape index (κ1) is 26.7. The van der Waals surface area contributed by atoms with Gasteiger partial charge in [0.15, 0.2) is 11.5 Å². The molecule has 1 aliphatic carbocycles. The van der Waals surface area contributed by atoms with E-state index in [-0.39, 0.29) is 24.5 Å². The lowest BCUT2D eigenvalue weighted by Gasteiger charge is -2.46. The van der Waals surface area contributed by atoms with Gasteiger partial charge in [-0.3, -0.25) is 0 Å². The standard InChI is InChI=1S/C32H33N5O4/c1-39-25-12-8-23(9-13-25)32(22-6-4-3-5-7-22,24-10-14-26(40-2)15-11-24)41-18-21-16-28(27(21)17-38)37-20-36-29-30(33)34-19-35-31(29)37/h3-15,19-21,27-28,38H,16-18H2,1-2H3,(H2,33,34,35)/t21-,27-,28-/m1/s1. The minimum absolute atomic E-state index is 0.0162. The molecule has 0 bridgehead atoms. The van der Waals surface area contributed by atoms with E-state index in [1.807, 2.05) is 71.3 Å².